The highest BCUT2D eigenvalue weighted by molar-refractivity contribution is 5.92. The molecule has 1 amide bonds. The summed E-state index contributed by atoms with van der Waals surface area (Å²) >= 11 is 0. The van der Waals surface area contributed by atoms with Crippen LogP contribution < -0.4 is 5.32 Å². The summed E-state index contributed by atoms with van der Waals surface area (Å²) in [5.41, 5.74) is 2.39. The highest BCUT2D eigenvalue weighted by Crippen LogP contribution is 2.07. The fourth-order valence-corrected chi connectivity index (χ4v) is 2.44. The molecule has 0 radical (unpaired) electrons. The molecular weight excluding hydrogens is 268 g/mol. The average Bonchev–Trinajstić information content (AvgIpc) is 2.91. The van der Waals surface area contributed by atoms with E-state index in [9.17, 15) is 4.79 Å². The lowest BCUT2D eigenvalue weighted by molar-refractivity contribution is 0.0383. The molecule has 0 unspecified atom stereocenters. The number of amides is 1. The number of nitrogens with zero attached hydrogens (tertiary/aromatic N) is 3. The predicted octanol–water partition coefficient (Wildman–Crippen LogP) is 0.705. The minimum absolute atomic E-state index is 0.121. The zero-order valence-corrected chi connectivity index (χ0v) is 12.2. The number of morpholine rings is 1. The van der Waals surface area contributed by atoms with Crippen LogP contribution in [-0.4, -0.2) is 59.6 Å². The van der Waals surface area contributed by atoms with Crippen LogP contribution in [0.15, 0.2) is 24.5 Å². The monoisotopic (exact) mass is 288 g/mol. The third-order valence-corrected chi connectivity index (χ3v) is 3.67. The number of hydrogen-bond acceptors (Lipinski definition) is 4. The van der Waals surface area contributed by atoms with Gasteiger partial charge in [0.2, 0.25) is 0 Å². The normalized spacial score (nSPS) is 16.2. The molecule has 1 fully saturated rings. The van der Waals surface area contributed by atoms with Crippen LogP contribution in [-0.2, 0) is 4.74 Å². The van der Waals surface area contributed by atoms with Gasteiger partial charge in [0.05, 0.1) is 13.2 Å². The molecule has 0 spiro atoms. The van der Waals surface area contributed by atoms with Gasteiger partial charge in [0.25, 0.3) is 5.91 Å². The van der Waals surface area contributed by atoms with Gasteiger partial charge in [-0.3, -0.25) is 9.69 Å². The van der Waals surface area contributed by atoms with Crippen molar-refractivity contribution in [3.63, 3.8) is 0 Å². The van der Waals surface area contributed by atoms with Crippen molar-refractivity contribution in [2.45, 2.75) is 6.92 Å². The highest BCUT2D eigenvalue weighted by atomic mass is 16.5. The molecule has 0 aliphatic carbocycles. The molecule has 0 aromatic carbocycles. The summed E-state index contributed by atoms with van der Waals surface area (Å²) in [6, 6.07) is 3.96. The Labute approximate surface area is 123 Å². The molecule has 1 N–H and O–H groups in total. The van der Waals surface area contributed by atoms with E-state index in [4.69, 9.17) is 4.74 Å². The summed E-state index contributed by atoms with van der Waals surface area (Å²) in [5.74, 6) is -0.121. The predicted molar refractivity (Wildman–Crippen MR) is 79.5 cm³/mol. The first-order chi connectivity index (χ1) is 10.2. The van der Waals surface area contributed by atoms with E-state index in [1.165, 1.54) is 0 Å². The fourth-order valence-electron chi connectivity index (χ4n) is 2.44. The third-order valence-electron chi connectivity index (χ3n) is 3.67. The fraction of sp³-hybridized carbons (Fsp3) is 0.467. The Kier molecular flexibility index (Phi) is 4.17. The lowest BCUT2D eigenvalue weighted by Crippen LogP contribution is -2.41. The number of aromatic nitrogens is 2. The van der Waals surface area contributed by atoms with Crippen molar-refractivity contribution in [1.29, 1.82) is 0 Å². The van der Waals surface area contributed by atoms with Gasteiger partial charge in [-0.05, 0) is 24.6 Å². The van der Waals surface area contributed by atoms with Crippen molar-refractivity contribution in [2.24, 2.45) is 0 Å². The molecule has 3 rings (SSSR count). The van der Waals surface area contributed by atoms with Gasteiger partial charge in [-0.25, -0.2) is 4.98 Å². The van der Waals surface area contributed by atoms with Crippen LogP contribution in [0.4, 0.5) is 0 Å². The molecule has 6 heteroatoms. The van der Waals surface area contributed by atoms with Crippen molar-refractivity contribution in [1.82, 2.24) is 19.6 Å². The number of rotatable bonds is 4. The molecule has 6 nitrogen and oxygen atoms in total. The van der Waals surface area contributed by atoms with E-state index in [0.717, 1.165) is 44.1 Å². The van der Waals surface area contributed by atoms with E-state index in [0.29, 0.717) is 12.2 Å². The van der Waals surface area contributed by atoms with E-state index in [1.807, 2.05) is 29.7 Å². The van der Waals surface area contributed by atoms with Gasteiger partial charge in [0, 0.05) is 38.6 Å². The van der Waals surface area contributed by atoms with E-state index >= 15 is 0 Å². The van der Waals surface area contributed by atoms with Crippen LogP contribution in [0.2, 0.25) is 0 Å². The van der Waals surface area contributed by atoms with Gasteiger partial charge in [0.1, 0.15) is 11.3 Å². The van der Waals surface area contributed by atoms with Crippen molar-refractivity contribution in [3.05, 3.63) is 35.8 Å². The molecular formula is C15H20N4O2. The Morgan fingerprint density at radius 3 is 3.05 bits per heavy atom. The van der Waals surface area contributed by atoms with E-state index < -0.39 is 0 Å². The SMILES string of the molecule is Cc1ccn2cc(C(=O)NCCN3CCOCC3)nc2c1. The van der Waals surface area contributed by atoms with Crippen molar-refractivity contribution >= 4 is 11.6 Å². The first kappa shape index (κ1) is 14.0. The minimum Gasteiger partial charge on any atom is -0.379 e. The first-order valence-electron chi connectivity index (χ1n) is 7.26. The number of nitrogens with one attached hydrogen (secondary N) is 1. The molecule has 1 aliphatic rings. The number of ether oxygens (including phenoxy) is 1. The van der Waals surface area contributed by atoms with Crippen LogP contribution in [0, 0.1) is 6.92 Å². The number of fused-ring (bicyclic) bond motifs is 1. The maximum absolute atomic E-state index is 12.1. The van der Waals surface area contributed by atoms with Crippen LogP contribution in [0.3, 0.4) is 0 Å². The Hall–Kier alpha value is -1.92. The van der Waals surface area contributed by atoms with Gasteiger partial charge >= 0.3 is 0 Å². The molecule has 2 aromatic rings. The Morgan fingerprint density at radius 2 is 2.24 bits per heavy atom. The molecule has 1 saturated heterocycles. The summed E-state index contributed by atoms with van der Waals surface area (Å²) in [4.78, 5) is 18.8. The summed E-state index contributed by atoms with van der Waals surface area (Å²) in [7, 11) is 0. The number of carbonyl (C=O) groups is 1. The average molecular weight is 288 g/mol. The van der Waals surface area contributed by atoms with Gasteiger partial charge in [-0.1, -0.05) is 0 Å². The van der Waals surface area contributed by atoms with E-state index in [2.05, 4.69) is 15.2 Å². The summed E-state index contributed by atoms with van der Waals surface area (Å²) < 4.78 is 7.16. The van der Waals surface area contributed by atoms with Crippen LogP contribution >= 0.6 is 0 Å². The molecule has 0 bridgehead atoms. The maximum atomic E-state index is 12.1. The maximum Gasteiger partial charge on any atom is 0.271 e. The molecule has 1 aliphatic heterocycles. The van der Waals surface area contributed by atoms with Crippen molar-refractivity contribution in [2.75, 3.05) is 39.4 Å². The summed E-state index contributed by atoms with van der Waals surface area (Å²) in [6.07, 6.45) is 3.68. The number of carbonyl (C=O) groups excluding carboxylic acids is 1. The standard InChI is InChI=1S/C15H20N4O2/c1-12-2-4-19-11-13(17-14(19)10-12)15(20)16-3-5-18-6-8-21-9-7-18/h2,4,10-11H,3,5-9H2,1H3,(H,16,20). The zero-order valence-electron chi connectivity index (χ0n) is 12.2. The second kappa shape index (κ2) is 6.24. The zero-order chi connectivity index (χ0) is 14.7. The lowest BCUT2D eigenvalue weighted by atomic mass is 10.3. The van der Waals surface area contributed by atoms with Crippen LogP contribution in [0.1, 0.15) is 16.1 Å². The molecule has 112 valence electrons. The Balaban J connectivity index is 1.56. The minimum atomic E-state index is -0.121. The van der Waals surface area contributed by atoms with E-state index in [1.54, 1.807) is 6.20 Å². The Bertz CT molecular complexity index is 632. The number of pyridine rings is 1. The lowest BCUT2D eigenvalue weighted by Gasteiger charge is -2.26. The Morgan fingerprint density at radius 1 is 1.43 bits per heavy atom. The summed E-state index contributed by atoms with van der Waals surface area (Å²) in [5, 5.41) is 2.92. The number of aryl methyl sites for hydroxylation is 1. The second-order valence-electron chi connectivity index (χ2n) is 5.31. The smallest absolute Gasteiger partial charge is 0.271 e. The van der Waals surface area contributed by atoms with Gasteiger partial charge < -0.3 is 14.5 Å². The van der Waals surface area contributed by atoms with Crippen LogP contribution in [0.25, 0.3) is 5.65 Å². The number of hydrogen-bond donors (Lipinski definition) is 1. The van der Waals surface area contributed by atoms with Crippen LogP contribution in [0.5, 0.6) is 0 Å². The van der Waals surface area contributed by atoms with Crippen molar-refractivity contribution < 1.29 is 9.53 Å². The largest absolute Gasteiger partial charge is 0.379 e. The van der Waals surface area contributed by atoms with Gasteiger partial charge in [-0.15, -0.1) is 0 Å². The van der Waals surface area contributed by atoms with Crippen molar-refractivity contribution in [3.8, 4) is 0 Å². The second-order valence-corrected chi connectivity index (χ2v) is 5.31. The number of imidazole rings is 1. The highest BCUT2D eigenvalue weighted by Gasteiger charge is 2.13. The first-order valence-corrected chi connectivity index (χ1v) is 7.26. The topological polar surface area (TPSA) is 58.9 Å². The molecule has 21 heavy (non-hydrogen) atoms. The quantitative estimate of drug-likeness (QED) is 0.900. The van der Waals surface area contributed by atoms with E-state index in [-0.39, 0.29) is 5.91 Å². The third kappa shape index (κ3) is 3.40. The molecule has 0 atom stereocenters. The van der Waals surface area contributed by atoms with Gasteiger partial charge in [-0.2, -0.15) is 0 Å². The molecule has 0 saturated carbocycles. The molecule has 2 aromatic heterocycles. The van der Waals surface area contributed by atoms with Gasteiger partial charge in [0.15, 0.2) is 0 Å². The molecule has 3 heterocycles. The summed E-state index contributed by atoms with van der Waals surface area (Å²) in [6.45, 7) is 6.91.